The third-order valence-electron chi connectivity index (χ3n) is 3.03. The van der Waals surface area contributed by atoms with E-state index in [4.69, 9.17) is 0 Å². The smallest absolute Gasteiger partial charge is 0.276 e. The molecule has 7 heteroatoms. The largest absolute Gasteiger partial charge is 0.504 e. The minimum absolute atomic E-state index is 0.121. The minimum atomic E-state index is -3.73. The van der Waals surface area contributed by atoms with Crippen LogP contribution < -0.4 is 4.83 Å². The number of hydrogen-bond acceptors (Lipinski definition) is 5. The summed E-state index contributed by atoms with van der Waals surface area (Å²) in [7, 11) is -3.73. The van der Waals surface area contributed by atoms with Gasteiger partial charge in [0.2, 0.25) is 0 Å². The summed E-state index contributed by atoms with van der Waals surface area (Å²) in [5.74, 6) is -0.560. The molecule has 0 heterocycles. The van der Waals surface area contributed by atoms with Gasteiger partial charge >= 0.3 is 0 Å². The number of hydrazone groups is 1. The molecule has 3 N–H and O–H groups in total. The van der Waals surface area contributed by atoms with E-state index in [1.807, 2.05) is 6.92 Å². The number of benzene rings is 2. The maximum absolute atomic E-state index is 12.0. The van der Waals surface area contributed by atoms with Gasteiger partial charge in [-0.1, -0.05) is 19.1 Å². The number of aryl methyl sites for hydroxylation is 1. The first-order valence-electron chi connectivity index (χ1n) is 6.58. The van der Waals surface area contributed by atoms with Gasteiger partial charge in [0, 0.05) is 0 Å². The molecule has 0 saturated heterocycles. The average molecular weight is 320 g/mol. The summed E-state index contributed by atoms with van der Waals surface area (Å²) in [5.41, 5.74) is 1.49. The van der Waals surface area contributed by atoms with Crippen LogP contribution in [0.25, 0.3) is 0 Å². The van der Waals surface area contributed by atoms with Gasteiger partial charge in [-0.05, 0) is 47.9 Å². The van der Waals surface area contributed by atoms with Gasteiger partial charge in [0.05, 0.1) is 11.1 Å². The molecule has 6 nitrogen and oxygen atoms in total. The fourth-order valence-corrected chi connectivity index (χ4v) is 2.54. The lowest BCUT2D eigenvalue weighted by molar-refractivity contribution is 0.403. The van der Waals surface area contributed by atoms with Crippen LogP contribution in [0.3, 0.4) is 0 Å². The molecular weight excluding hydrogens is 304 g/mol. The van der Waals surface area contributed by atoms with Crippen molar-refractivity contribution in [2.75, 3.05) is 0 Å². The Labute approximate surface area is 128 Å². The van der Waals surface area contributed by atoms with Crippen molar-refractivity contribution in [1.82, 2.24) is 4.83 Å². The summed E-state index contributed by atoms with van der Waals surface area (Å²) in [6.07, 6.45) is 2.06. The van der Waals surface area contributed by atoms with Crippen LogP contribution in [-0.2, 0) is 16.4 Å². The Morgan fingerprint density at radius 2 is 1.77 bits per heavy atom. The number of nitrogens with zero attached hydrogens (tertiary/aromatic N) is 1. The Kier molecular flexibility index (Phi) is 4.67. The van der Waals surface area contributed by atoms with Gasteiger partial charge in [-0.25, -0.2) is 4.83 Å². The molecule has 116 valence electrons. The van der Waals surface area contributed by atoms with Crippen molar-refractivity contribution in [3.63, 3.8) is 0 Å². The fraction of sp³-hybridized carbons (Fsp3) is 0.133. The zero-order valence-electron chi connectivity index (χ0n) is 11.9. The lowest BCUT2D eigenvalue weighted by atomic mass is 10.2. The summed E-state index contributed by atoms with van der Waals surface area (Å²) in [5, 5.41) is 22.2. The predicted octanol–water partition coefficient (Wildman–Crippen LogP) is 1.97. The number of nitrogens with one attached hydrogen (secondary N) is 1. The zero-order chi connectivity index (χ0) is 16.2. The van der Waals surface area contributed by atoms with E-state index >= 15 is 0 Å². The van der Waals surface area contributed by atoms with Crippen molar-refractivity contribution in [3.05, 3.63) is 53.6 Å². The van der Waals surface area contributed by atoms with Crippen molar-refractivity contribution < 1.29 is 18.6 Å². The van der Waals surface area contributed by atoms with Crippen LogP contribution in [0.1, 0.15) is 18.1 Å². The quantitative estimate of drug-likeness (QED) is 0.445. The van der Waals surface area contributed by atoms with Gasteiger partial charge in [0.25, 0.3) is 10.0 Å². The van der Waals surface area contributed by atoms with Gasteiger partial charge in [-0.3, -0.25) is 0 Å². The molecule has 0 atom stereocenters. The Morgan fingerprint density at radius 1 is 1.09 bits per heavy atom. The number of phenolic OH excluding ortho intramolecular Hbond substituents is 2. The standard InChI is InChI=1S/C15H16N2O4S/c1-2-11-3-6-13(7-4-11)22(20,21)17-16-10-12-5-8-14(18)15(19)9-12/h3-10,17-19H,2H2,1H3. The second-order valence-corrected chi connectivity index (χ2v) is 6.26. The Morgan fingerprint density at radius 3 is 2.36 bits per heavy atom. The predicted molar refractivity (Wildman–Crippen MR) is 83.5 cm³/mol. The number of aromatic hydroxyl groups is 2. The van der Waals surface area contributed by atoms with Gasteiger partial charge in [0.1, 0.15) is 0 Å². The number of hydrogen-bond donors (Lipinski definition) is 3. The van der Waals surface area contributed by atoms with Crippen LogP contribution in [0, 0.1) is 0 Å². The van der Waals surface area contributed by atoms with Crippen molar-refractivity contribution in [2.45, 2.75) is 18.2 Å². The first-order valence-corrected chi connectivity index (χ1v) is 8.06. The molecule has 0 amide bonds. The SMILES string of the molecule is CCc1ccc(S(=O)(=O)NN=Cc2ccc(O)c(O)c2)cc1. The van der Waals surface area contributed by atoms with E-state index < -0.39 is 10.0 Å². The van der Waals surface area contributed by atoms with Crippen molar-refractivity contribution >= 4 is 16.2 Å². The highest BCUT2D eigenvalue weighted by Gasteiger charge is 2.12. The summed E-state index contributed by atoms with van der Waals surface area (Å²) in [4.78, 5) is 2.21. The number of phenols is 2. The van der Waals surface area contributed by atoms with Gasteiger partial charge in [-0.2, -0.15) is 13.5 Å². The second kappa shape index (κ2) is 6.48. The van der Waals surface area contributed by atoms with Crippen LogP contribution in [-0.4, -0.2) is 24.8 Å². The first-order chi connectivity index (χ1) is 10.4. The van der Waals surface area contributed by atoms with Gasteiger partial charge < -0.3 is 10.2 Å². The Hall–Kier alpha value is -2.54. The van der Waals surface area contributed by atoms with E-state index in [2.05, 4.69) is 9.93 Å². The van der Waals surface area contributed by atoms with Crippen molar-refractivity contribution in [3.8, 4) is 11.5 Å². The van der Waals surface area contributed by atoms with E-state index in [0.717, 1.165) is 12.0 Å². The van der Waals surface area contributed by atoms with Crippen LogP contribution in [0.15, 0.2) is 52.5 Å². The lowest BCUT2D eigenvalue weighted by Gasteiger charge is -2.04. The minimum Gasteiger partial charge on any atom is -0.504 e. The van der Waals surface area contributed by atoms with Crippen LogP contribution in [0.5, 0.6) is 11.5 Å². The molecular formula is C15H16N2O4S. The molecule has 0 aliphatic heterocycles. The van der Waals surface area contributed by atoms with E-state index in [9.17, 15) is 18.6 Å². The fourth-order valence-electron chi connectivity index (χ4n) is 1.75. The lowest BCUT2D eigenvalue weighted by Crippen LogP contribution is -2.18. The first kappa shape index (κ1) is 15.8. The molecule has 0 aromatic heterocycles. The van der Waals surface area contributed by atoms with E-state index in [1.54, 1.807) is 12.1 Å². The molecule has 0 bridgehead atoms. The maximum atomic E-state index is 12.0. The molecule has 0 unspecified atom stereocenters. The molecule has 2 aromatic rings. The molecule has 0 saturated carbocycles. The maximum Gasteiger partial charge on any atom is 0.276 e. The third kappa shape index (κ3) is 3.76. The van der Waals surface area contributed by atoms with Crippen molar-refractivity contribution in [1.29, 1.82) is 0 Å². The highest BCUT2D eigenvalue weighted by Crippen LogP contribution is 2.24. The topological polar surface area (TPSA) is 99.0 Å². The Bertz CT molecular complexity index is 784. The summed E-state index contributed by atoms with van der Waals surface area (Å²) >= 11 is 0. The van der Waals surface area contributed by atoms with E-state index in [1.165, 1.54) is 36.5 Å². The molecule has 0 fully saturated rings. The van der Waals surface area contributed by atoms with E-state index in [-0.39, 0.29) is 16.4 Å². The summed E-state index contributed by atoms with van der Waals surface area (Å²) in [6.45, 7) is 1.99. The monoisotopic (exact) mass is 320 g/mol. The molecule has 22 heavy (non-hydrogen) atoms. The van der Waals surface area contributed by atoms with Gasteiger partial charge in [0.15, 0.2) is 11.5 Å². The molecule has 0 aliphatic rings. The summed E-state index contributed by atoms with van der Waals surface area (Å²) < 4.78 is 24.1. The highest BCUT2D eigenvalue weighted by atomic mass is 32.2. The molecule has 0 aliphatic carbocycles. The normalized spacial score (nSPS) is 11.7. The van der Waals surface area contributed by atoms with Crippen molar-refractivity contribution in [2.24, 2.45) is 5.10 Å². The van der Waals surface area contributed by atoms with Crippen LogP contribution in [0.2, 0.25) is 0 Å². The van der Waals surface area contributed by atoms with E-state index in [0.29, 0.717) is 5.56 Å². The molecule has 2 rings (SSSR count). The number of sulfonamides is 1. The zero-order valence-corrected chi connectivity index (χ0v) is 12.7. The third-order valence-corrected chi connectivity index (χ3v) is 4.27. The molecule has 2 aromatic carbocycles. The molecule has 0 radical (unpaired) electrons. The highest BCUT2D eigenvalue weighted by molar-refractivity contribution is 7.89. The summed E-state index contributed by atoms with van der Waals surface area (Å²) in [6, 6.07) is 10.6. The van der Waals surface area contributed by atoms with Crippen LogP contribution in [0.4, 0.5) is 0 Å². The van der Waals surface area contributed by atoms with Crippen LogP contribution >= 0.6 is 0 Å². The number of rotatable bonds is 5. The van der Waals surface area contributed by atoms with Gasteiger partial charge in [-0.15, -0.1) is 0 Å². The molecule has 0 spiro atoms. The Balaban J connectivity index is 2.11. The second-order valence-electron chi connectivity index (χ2n) is 4.60. The average Bonchev–Trinajstić information content (AvgIpc) is 2.51.